The lowest BCUT2D eigenvalue weighted by molar-refractivity contribution is 0.409. The van der Waals surface area contributed by atoms with Crippen molar-refractivity contribution in [1.29, 1.82) is 0 Å². The number of allylic oxidation sites excluding steroid dienone is 1. The van der Waals surface area contributed by atoms with Crippen LogP contribution < -0.4 is 5.32 Å². The number of nitrogens with one attached hydrogen (secondary N) is 1. The van der Waals surface area contributed by atoms with Crippen molar-refractivity contribution in [2.75, 3.05) is 0 Å². The van der Waals surface area contributed by atoms with Crippen LogP contribution in [0.5, 0.6) is 0 Å². The van der Waals surface area contributed by atoms with Crippen molar-refractivity contribution in [3.05, 3.63) is 22.4 Å². The molecule has 0 aromatic carbocycles. The number of aliphatic hydroxyl groups excluding tert-OH is 1. The molecule has 8 heavy (non-hydrogen) atoms. The second-order valence-corrected chi connectivity index (χ2v) is 2.40. The van der Waals surface area contributed by atoms with Gasteiger partial charge in [-0.3, -0.25) is 0 Å². The van der Waals surface area contributed by atoms with Crippen molar-refractivity contribution in [3.8, 4) is 0 Å². The zero-order valence-corrected chi connectivity index (χ0v) is 5.33. The second kappa shape index (κ2) is 2.13. The van der Waals surface area contributed by atoms with Gasteiger partial charge >= 0.3 is 0 Å². The monoisotopic (exact) mass is 129 g/mol. The van der Waals surface area contributed by atoms with E-state index in [1.165, 1.54) is 11.8 Å². The summed E-state index contributed by atoms with van der Waals surface area (Å²) in [6.07, 6.45) is 1.79. The Labute approximate surface area is 52.3 Å². The lowest BCUT2D eigenvalue weighted by Crippen LogP contribution is -1.97. The third-order valence-electron chi connectivity index (χ3n) is 0.797. The van der Waals surface area contributed by atoms with Gasteiger partial charge in [0.1, 0.15) is 10.8 Å². The van der Waals surface area contributed by atoms with Gasteiger partial charge in [0.2, 0.25) is 0 Å². The van der Waals surface area contributed by atoms with Crippen LogP contribution in [0, 0.1) is 0 Å². The standard InChI is InChI=1S/C5H7NOS/c1-4(7)5-6-2-3-8-5/h2-3,6-7H,1H3. The van der Waals surface area contributed by atoms with Crippen molar-refractivity contribution >= 4 is 11.8 Å². The highest BCUT2D eigenvalue weighted by molar-refractivity contribution is 8.06. The summed E-state index contributed by atoms with van der Waals surface area (Å²) in [5, 5.41) is 14.4. The van der Waals surface area contributed by atoms with Crippen LogP contribution in [0.2, 0.25) is 0 Å². The van der Waals surface area contributed by atoms with Gasteiger partial charge in [-0.1, -0.05) is 11.8 Å². The van der Waals surface area contributed by atoms with E-state index in [9.17, 15) is 0 Å². The summed E-state index contributed by atoms with van der Waals surface area (Å²) >= 11 is 1.49. The SMILES string of the molecule is CC(O)=C1NC=CS1. The normalized spacial score (nSPS) is 23.1. The molecule has 0 aromatic rings. The lowest BCUT2D eigenvalue weighted by Gasteiger charge is -1.95. The van der Waals surface area contributed by atoms with E-state index in [1.807, 2.05) is 5.41 Å². The fraction of sp³-hybridized carbons (Fsp3) is 0.200. The van der Waals surface area contributed by atoms with Gasteiger partial charge in [0, 0.05) is 6.20 Å². The molecule has 2 nitrogen and oxygen atoms in total. The molecule has 0 aliphatic carbocycles. The van der Waals surface area contributed by atoms with Crippen molar-refractivity contribution in [2.24, 2.45) is 0 Å². The van der Waals surface area contributed by atoms with Crippen molar-refractivity contribution in [3.63, 3.8) is 0 Å². The molecule has 0 spiro atoms. The Bertz CT molecular complexity index is 137. The van der Waals surface area contributed by atoms with Crippen molar-refractivity contribution < 1.29 is 5.11 Å². The van der Waals surface area contributed by atoms with Gasteiger partial charge in [0.15, 0.2) is 0 Å². The molecule has 1 aliphatic rings. The summed E-state index contributed by atoms with van der Waals surface area (Å²) in [6, 6.07) is 0. The predicted molar refractivity (Wildman–Crippen MR) is 35.2 cm³/mol. The number of rotatable bonds is 0. The van der Waals surface area contributed by atoms with Gasteiger partial charge in [-0.15, -0.1) is 0 Å². The average Bonchev–Trinajstić information content (AvgIpc) is 2.12. The highest BCUT2D eigenvalue weighted by Gasteiger charge is 2.01. The number of thioether (sulfide) groups is 1. The van der Waals surface area contributed by atoms with Crippen LogP contribution >= 0.6 is 11.8 Å². The first-order valence-corrected chi connectivity index (χ1v) is 3.17. The smallest absolute Gasteiger partial charge is 0.119 e. The van der Waals surface area contributed by atoms with Crippen molar-refractivity contribution in [1.82, 2.24) is 5.32 Å². The third-order valence-corrected chi connectivity index (χ3v) is 1.72. The summed E-state index contributed by atoms with van der Waals surface area (Å²) in [5.74, 6) is 0.347. The molecule has 0 fully saturated rings. The van der Waals surface area contributed by atoms with Crippen LogP contribution in [0.15, 0.2) is 22.4 Å². The highest BCUT2D eigenvalue weighted by atomic mass is 32.2. The van der Waals surface area contributed by atoms with E-state index in [0.717, 1.165) is 5.03 Å². The minimum atomic E-state index is 0.347. The van der Waals surface area contributed by atoms with Crippen LogP contribution in [0.25, 0.3) is 0 Å². The second-order valence-electron chi connectivity index (χ2n) is 1.48. The van der Waals surface area contributed by atoms with Crippen LogP contribution in [0.1, 0.15) is 6.92 Å². The Hall–Kier alpha value is -0.570. The van der Waals surface area contributed by atoms with Gasteiger partial charge < -0.3 is 10.4 Å². The Morgan fingerprint density at radius 2 is 2.62 bits per heavy atom. The van der Waals surface area contributed by atoms with E-state index in [2.05, 4.69) is 5.32 Å². The molecule has 0 aromatic heterocycles. The number of aliphatic hydroxyl groups is 1. The molecule has 1 aliphatic heterocycles. The Balaban J connectivity index is 2.64. The maximum absolute atomic E-state index is 8.81. The predicted octanol–water partition coefficient (Wildman–Crippen LogP) is 1.54. The van der Waals surface area contributed by atoms with Crippen LogP contribution in [-0.2, 0) is 0 Å². The molecule has 3 heteroatoms. The number of hydrogen-bond acceptors (Lipinski definition) is 3. The molecule has 0 saturated heterocycles. The van der Waals surface area contributed by atoms with Gasteiger partial charge in [-0.2, -0.15) is 0 Å². The third kappa shape index (κ3) is 0.980. The maximum atomic E-state index is 8.81. The van der Waals surface area contributed by atoms with E-state index in [4.69, 9.17) is 5.11 Å². The molecule has 1 rings (SSSR count). The molecule has 0 unspecified atom stereocenters. The first-order valence-electron chi connectivity index (χ1n) is 2.29. The first kappa shape index (κ1) is 5.56. The highest BCUT2D eigenvalue weighted by Crippen LogP contribution is 2.20. The zero-order valence-electron chi connectivity index (χ0n) is 4.51. The van der Waals surface area contributed by atoms with E-state index in [1.54, 1.807) is 13.1 Å². The summed E-state index contributed by atoms with van der Waals surface area (Å²) in [4.78, 5) is 0. The van der Waals surface area contributed by atoms with E-state index in [-0.39, 0.29) is 0 Å². The topological polar surface area (TPSA) is 32.3 Å². The molecule has 0 saturated carbocycles. The molecule has 0 radical (unpaired) electrons. The van der Waals surface area contributed by atoms with Gasteiger partial charge in [0.25, 0.3) is 0 Å². The summed E-state index contributed by atoms with van der Waals surface area (Å²) in [5.41, 5.74) is 0. The van der Waals surface area contributed by atoms with Crippen LogP contribution in [0.3, 0.4) is 0 Å². The van der Waals surface area contributed by atoms with Gasteiger partial charge in [-0.25, -0.2) is 0 Å². The van der Waals surface area contributed by atoms with E-state index in [0.29, 0.717) is 5.76 Å². The molecule has 0 bridgehead atoms. The fourth-order valence-corrected chi connectivity index (χ4v) is 1.01. The Kier molecular flexibility index (Phi) is 1.48. The molecule has 44 valence electrons. The molecular formula is C5H7NOS. The number of hydrogen-bond donors (Lipinski definition) is 2. The van der Waals surface area contributed by atoms with Crippen LogP contribution in [0.4, 0.5) is 0 Å². The average molecular weight is 129 g/mol. The minimum absolute atomic E-state index is 0.347. The summed E-state index contributed by atoms with van der Waals surface area (Å²) in [6.45, 7) is 1.66. The Morgan fingerprint density at radius 1 is 1.88 bits per heavy atom. The van der Waals surface area contributed by atoms with E-state index >= 15 is 0 Å². The summed E-state index contributed by atoms with van der Waals surface area (Å²) in [7, 11) is 0. The zero-order chi connectivity index (χ0) is 5.98. The molecule has 1 heterocycles. The van der Waals surface area contributed by atoms with Gasteiger partial charge in [-0.05, 0) is 12.3 Å². The van der Waals surface area contributed by atoms with Crippen LogP contribution in [-0.4, -0.2) is 5.11 Å². The molecular weight excluding hydrogens is 122 g/mol. The molecule has 2 N–H and O–H groups in total. The Morgan fingerprint density at radius 3 is 2.88 bits per heavy atom. The first-order chi connectivity index (χ1) is 3.80. The largest absolute Gasteiger partial charge is 0.510 e. The minimum Gasteiger partial charge on any atom is -0.510 e. The van der Waals surface area contributed by atoms with Crippen molar-refractivity contribution in [2.45, 2.75) is 6.92 Å². The maximum Gasteiger partial charge on any atom is 0.119 e. The lowest BCUT2D eigenvalue weighted by atomic mass is 10.6. The fourth-order valence-electron chi connectivity index (χ4n) is 0.436. The van der Waals surface area contributed by atoms with Gasteiger partial charge in [0.05, 0.1) is 0 Å². The summed E-state index contributed by atoms with van der Waals surface area (Å²) < 4.78 is 0. The van der Waals surface area contributed by atoms with E-state index < -0.39 is 0 Å². The molecule has 0 amide bonds. The quantitative estimate of drug-likeness (QED) is 0.486. The molecule has 0 atom stereocenters.